The fourth-order valence-corrected chi connectivity index (χ4v) is 2.09. The molecule has 1 aromatic carbocycles. The summed E-state index contributed by atoms with van der Waals surface area (Å²) < 4.78 is 14.8. The van der Waals surface area contributed by atoms with E-state index in [0.717, 1.165) is 0 Å². The van der Waals surface area contributed by atoms with Gasteiger partial charge in [0, 0.05) is 17.7 Å². The molecule has 0 unspecified atom stereocenters. The highest BCUT2D eigenvalue weighted by atomic mass is 19.1. The molecule has 0 aliphatic heterocycles. The van der Waals surface area contributed by atoms with Crippen LogP contribution in [0.2, 0.25) is 0 Å². The highest BCUT2D eigenvalue weighted by Gasteiger charge is 2.13. The van der Waals surface area contributed by atoms with E-state index in [-0.39, 0.29) is 17.4 Å². The van der Waals surface area contributed by atoms with Crippen molar-refractivity contribution in [3.63, 3.8) is 0 Å². The number of benzene rings is 1. The van der Waals surface area contributed by atoms with Gasteiger partial charge in [-0.3, -0.25) is 4.79 Å². The van der Waals surface area contributed by atoms with Gasteiger partial charge < -0.3 is 5.32 Å². The van der Waals surface area contributed by atoms with Crippen LogP contribution in [0.4, 0.5) is 10.1 Å². The van der Waals surface area contributed by atoms with Gasteiger partial charge >= 0.3 is 0 Å². The van der Waals surface area contributed by atoms with Crippen LogP contribution in [0.5, 0.6) is 0 Å². The van der Waals surface area contributed by atoms with Crippen molar-refractivity contribution < 1.29 is 9.18 Å². The van der Waals surface area contributed by atoms with Crippen LogP contribution in [0.3, 0.4) is 0 Å². The molecule has 0 radical (unpaired) electrons. The summed E-state index contributed by atoms with van der Waals surface area (Å²) in [5.74, 6) is 0.0521. The molecule has 6 heteroatoms. The maximum atomic E-state index is 13.2. The molecule has 0 spiro atoms. The minimum Gasteiger partial charge on any atom is -0.319 e. The normalized spacial score (nSPS) is 11.1. The third-order valence-electron chi connectivity index (χ3n) is 3.23. The Morgan fingerprint density at radius 3 is 2.82 bits per heavy atom. The summed E-state index contributed by atoms with van der Waals surface area (Å²) in [6, 6.07) is 9.06. The number of rotatable bonds is 3. The minimum absolute atomic E-state index is 0.187. The summed E-state index contributed by atoms with van der Waals surface area (Å²) in [5, 5.41) is 7.11. The van der Waals surface area contributed by atoms with Crippen molar-refractivity contribution in [3.05, 3.63) is 59.8 Å². The Hall–Kier alpha value is -2.76. The number of aromatic nitrogens is 3. The van der Waals surface area contributed by atoms with Gasteiger partial charge in [-0.05, 0) is 30.3 Å². The Morgan fingerprint density at radius 1 is 1.27 bits per heavy atom. The van der Waals surface area contributed by atoms with Crippen LogP contribution in [0.1, 0.15) is 35.9 Å². The molecule has 0 aliphatic carbocycles. The van der Waals surface area contributed by atoms with Crippen LogP contribution in [0, 0.1) is 5.82 Å². The SMILES string of the molecule is CC(C)c1nc2c(NC(=O)c3cccc(F)c3)cccn2n1. The van der Waals surface area contributed by atoms with Gasteiger partial charge in [0.2, 0.25) is 0 Å². The number of hydrogen-bond acceptors (Lipinski definition) is 3. The van der Waals surface area contributed by atoms with E-state index in [1.165, 1.54) is 18.2 Å². The van der Waals surface area contributed by atoms with Crippen molar-refractivity contribution in [1.29, 1.82) is 0 Å². The molecule has 0 atom stereocenters. The van der Waals surface area contributed by atoms with Crippen LogP contribution in [0.15, 0.2) is 42.6 Å². The summed E-state index contributed by atoms with van der Waals surface area (Å²) in [4.78, 5) is 16.7. The molecule has 0 fully saturated rings. The largest absolute Gasteiger partial charge is 0.319 e. The van der Waals surface area contributed by atoms with Gasteiger partial charge in [0.05, 0.1) is 5.69 Å². The molecular weight excluding hydrogens is 283 g/mol. The molecule has 1 amide bonds. The average Bonchev–Trinajstić information content (AvgIpc) is 2.92. The zero-order valence-electron chi connectivity index (χ0n) is 12.2. The molecule has 1 N–H and O–H groups in total. The van der Waals surface area contributed by atoms with Crippen molar-refractivity contribution in [3.8, 4) is 0 Å². The van der Waals surface area contributed by atoms with Gasteiger partial charge in [-0.2, -0.15) is 5.10 Å². The van der Waals surface area contributed by atoms with Crippen LogP contribution in [0.25, 0.3) is 5.65 Å². The second-order valence-corrected chi connectivity index (χ2v) is 5.28. The average molecular weight is 298 g/mol. The van der Waals surface area contributed by atoms with Gasteiger partial charge in [-0.1, -0.05) is 19.9 Å². The van der Waals surface area contributed by atoms with Crippen LogP contribution < -0.4 is 5.32 Å². The summed E-state index contributed by atoms with van der Waals surface area (Å²) in [6.07, 6.45) is 1.77. The Labute approximate surface area is 126 Å². The standard InChI is InChI=1S/C16H15FN4O/c1-10(2)14-19-15-13(7-4-8-21(15)20-14)18-16(22)11-5-3-6-12(17)9-11/h3-10H,1-2H3,(H,18,22). The molecule has 0 aliphatic rings. The molecule has 22 heavy (non-hydrogen) atoms. The Morgan fingerprint density at radius 2 is 2.09 bits per heavy atom. The van der Waals surface area contributed by atoms with Crippen molar-refractivity contribution in [2.24, 2.45) is 0 Å². The number of fused-ring (bicyclic) bond motifs is 1. The fourth-order valence-electron chi connectivity index (χ4n) is 2.09. The first-order valence-electron chi connectivity index (χ1n) is 6.97. The third kappa shape index (κ3) is 2.67. The molecular formula is C16H15FN4O. The molecule has 2 heterocycles. The Balaban J connectivity index is 1.95. The van der Waals surface area contributed by atoms with E-state index in [2.05, 4.69) is 15.4 Å². The highest BCUT2D eigenvalue weighted by molar-refractivity contribution is 6.05. The van der Waals surface area contributed by atoms with Crippen LogP contribution in [-0.2, 0) is 0 Å². The van der Waals surface area contributed by atoms with Gasteiger partial charge in [-0.25, -0.2) is 13.9 Å². The zero-order chi connectivity index (χ0) is 15.7. The Kier molecular flexibility index (Phi) is 3.58. The number of carbonyl (C=O) groups is 1. The number of nitrogens with one attached hydrogen (secondary N) is 1. The second-order valence-electron chi connectivity index (χ2n) is 5.28. The summed E-state index contributed by atoms with van der Waals surface area (Å²) >= 11 is 0. The monoisotopic (exact) mass is 298 g/mol. The molecule has 3 rings (SSSR count). The van der Waals surface area contributed by atoms with E-state index in [1.807, 2.05) is 13.8 Å². The lowest BCUT2D eigenvalue weighted by Crippen LogP contribution is -2.13. The van der Waals surface area contributed by atoms with E-state index in [4.69, 9.17) is 0 Å². The quantitative estimate of drug-likeness (QED) is 0.807. The van der Waals surface area contributed by atoms with Gasteiger partial charge in [0.15, 0.2) is 11.5 Å². The molecule has 5 nitrogen and oxygen atoms in total. The molecule has 0 saturated heterocycles. The number of anilines is 1. The first-order chi connectivity index (χ1) is 10.5. The maximum Gasteiger partial charge on any atom is 0.255 e. The molecule has 2 aromatic heterocycles. The maximum absolute atomic E-state index is 13.2. The number of halogens is 1. The van der Waals surface area contributed by atoms with Crippen LogP contribution >= 0.6 is 0 Å². The first kappa shape index (κ1) is 14.2. The molecule has 3 aromatic rings. The van der Waals surface area contributed by atoms with Crippen molar-refractivity contribution in [2.75, 3.05) is 5.32 Å². The van der Waals surface area contributed by atoms with Crippen molar-refractivity contribution in [1.82, 2.24) is 14.6 Å². The van der Waals surface area contributed by atoms with Crippen molar-refractivity contribution in [2.45, 2.75) is 19.8 Å². The predicted molar refractivity (Wildman–Crippen MR) is 81.4 cm³/mol. The van der Waals surface area contributed by atoms with Crippen molar-refractivity contribution >= 4 is 17.2 Å². The van der Waals surface area contributed by atoms with Gasteiger partial charge in [0.1, 0.15) is 5.82 Å². The second kappa shape index (κ2) is 5.55. The lowest BCUT2D eigenvalue weighted by molar-refractivity contribution is 0.102. The fraction of sp³-hybridized carbons (Fsp3) is 0.188. The van der Waals surface area contributed by atoms with E-state index in [1.54, 1.807) is 28.9 Å². The Bertz CT molecular complexity index is 841. The minimum atomic E-state index is -0.449. The molecule has 112 valence electrons. The lowest BCUT2D eigenvalue weighted by atomic mass is 10.2. The van der Waals surface area contributed by atoms with E-state index in [9.17, 15) is 9.18 Å². The van der Waals surface area contributed by atoms with Gasteiger partial charge in [0.25, 0.3) is 5.91 Å². The number of hydrogen-bond donors (Lipinski definition) is 1. The van der Waals surface area contributed by atoms with E-state index >= 15 is 0 Å². The molecule has 0 bridgehead atoms. The van der Waals surface area contributed by atoms with Crippen LogP contribution in [-0.4, -0.2) is 20.5 Å². The van der Waals surface area contributed by atoms with E-state index in [0.29, 0.717) is 17.2 Å². The highest BCUT2D eigenvalue weighted by Crippen LogP contribution is 2.19. The number of nitrogens with zero attached hydrogens (tertiary/aromatic N) is 3. The smallest absolute Gasteiger partial charge is 0.255 e. The topological polar surface area (TPSA) is 59.3 Å². The number of amides is 1. The lowest BCUT2D eigenvalue weighted by Gasteiger charge is -2.06. The number of pyridine rings is 1. The predicted octanol–water partition coefficient (Wildman–Crippen LogP) is 3.24. The molecule has 0 saturated carbocycles. The van der Waals surface area contributed by atoms with E-state index < -0.39 is 5.82 Å². The summed E-state index contributed by atoms with van der Waals surface area (Å²) in [5.41, 5.74) is 1.36. The third-order valence-corrected chi connectivity index (χ3v) is 3.23. The first-order valence-corrected chi connectivity index (χ1v) is 6.97. The number of carbonyl (C=O) groups excluding carboxylic acids is 1. The summed E-state index contributed by atoms with van der Waals surface area (Å²) in [6.45, 7) is 4.00. The zero-order valence-corrected chi connectivity index (χ0v) is 12.2. The summed E-state index contributed by atoms with van der Waals surface area (Å²) in [7, 11) is 0. The van der Waals surface area contributed by atoms with Gasteiger partial charge in [-0.15, -0.1) is 0 Å².